The lowest BCUT2D eigenvalue weighted by molar-refractivity contribution is 0.0443. The minimum atomic E-state index is -2.85. The predicted octanol–water partition coefficient (Wildman–Crippen LogP) is 2.16. The van der Waals surface area contributed by atoms with Gasteiger partial charge in [0, 0.05) is 31.4 Å². The highest BCUT2D eigenvalue weighted by Crippen LogP contribution is 2.28. The molecule has 0 spiro atoms. The highest BCUT2D eigenvalue weighted by molar-refractivity contribution is 7.90. The molecular weight excluding hydrogens is 284 g/mol. The molecule has 21 heavy (non-hydrogen) atoms. The summed E-state index contributed by atoms with van der Waals surface area (Å²) >= 11 is 0. The normalized spacial score (nSPS) is 26.8. The van der Waals surface area contributed by atoms with E-state index in [0.717, 1.165) is 26.1 Å². The molecule has 4 nitrogen and oxygen atoms in total. The number of hydrogen-bond donors (Lipinski definition) is 1. The maximum Gasteiger partial charge on any atom is 0.147 e. The van der Waals surface area contributed by atoms with E-state index >= 15 is 0 Å². The van der Waals surface area contributed by atoms with Gasteiger partial charge in [-0.3, -0.25) is 4.90 Å². The molecule has 0 aliphatic carbocycles. The zero-order chi connectivity index (χ0) is 16.3. The van der Waals surface area contributed by atoms with Crippen LogP contribution in [0.2, 0.25) is 0 Å². The molecule has 1 fully saturated rings. The van der Waals surface area contributed by atoms with E-state index in [2.05, 4.69) is 44.8 Å². The Morgan fingerprint density at radius 2 is 1.95 bits per heavy atom. The van der Waals surface area contributed by atoms with Crippen LogP contribution in [-0.2, 0) is 9.84 Å². The standard InChI is InChI=1S/C16H34N2O2S/c1-7-13(2)14-12-18(9-8-10-21(6,19)20)15(11-17-14)16(3,4)5/h13-15,17H,7-12H2,1-6H3. The van der Waals surface area contributed by atoms with Gasteiger partial charge in [0.05, 0.1) is 5.75 Å². The quantitative estimate of drug-likeness (QED) is 0.815. The molecule has 0 saturated carbocycles. The first-order valence-corrected chi connectivity index (χ1v) is 10.3. The van der Waals surface area contributed by atoms with E-state index in [1.165, 1.54) is 12.7 Å². The molecule has 0 aromatic rings. The van der Waals surface area contributed by atoms with Crippen LogP contribution in [0.25, 0.3) is 0 Å². The Labute approximate surface area is 131 Å². The van der Waals surface area contributed by atoms with Gasteiger partial charge in [-0.2, -0.15) is 0 Å². The van der Waals surface area contributed by atoms with Crippen molar-refractivity contribution in [2.45, 2.75) is 59.5 Å². The molecule has 0 radical (unpaired) electrons. The van der Waals surface area contributed by atoms with Crippen LogP contribution in [0, 0.1) is 11.3 Å². The Hall–Kier alpha value is -0.130. The highest BCUT2D eigenvalue weighted by atomic mass is 32.2. The van der Waals surface area contributed by atoms with Crippen molar-refractivity contribution in [1.82, 2.24) is 10.2 Å². The Morgan fingerprint density at radius 1 is 1.33 bits per heavy atom. The third-order valence-corrected chi connectivity index (χ3v) is 5.77. The van der Waals surface area contributed by atoms with Gasteiger partial charge in [-0.25, -0.2) is 8.42 Å². The van der Waals surface area contributed by atoms with Gasteiger partial charge in [0.15, 0.2) is 0 Å². The maximum atomic E-state index is 11.3. The van der Waals surface area contributed by atoms with Gasteiger partial charge in [0.25, 0.3) is 0 Å². The molecule has 0 amide bonds. The van der Waals surface area contributed by atoms with Crippen molar-refractivity contribution in [3.8, 4) is 0 Å². The van der Waals surface area contributed by atoms with E-state index in [-0.39, 0.29) is 5.41 Å². The number of sulfone groups is 1. The molecule has 5 heteroatoms. The monoisotopic (exact) mass is 318 g/mol. The Bertz CT molecular complexity index is 414. The van der Waals surface area contributed by atoms with E-state index < -0.39 is 9.84 Å². The minimum Gasteiger partial charge on any atom is -0.311 e. The molecule has 0 aromatic heterocycles. The molecule has 1 rings (SSSR count). The van der Waals surface area contributed by atoms with Gasteiger partial charge in [0.1, 0.15) is 9.84 Å². The van der Waals surface area contributed by atoms with Crippen LogP contribution < -0.4 is 5.32 Å². The van der Waals surface area contributed by atoms with E-state index in [1.807, 2.05) is 0 Å². The Morgan fingerprint density at radius 3 is 2.43 bits per heavy atom. The van der Waals surface area contributed by atoms with Crippen LogP contribution in [0.4, 0.5) is 0 Å². The fourth-order valence-corrected chi connectivity index (χ4v) is 3.79. The molecule has 1 N–H and O–H groups in total. The summed E-state index contributed by atoms with van der Waals surface area (Å²) in [5.41, 5.74) is 0.207. The zero-order valence-electron chi connectivity index (χ0n) is 14.6. The number of rotatable bonds is 6. The third kappa shape index (κ3) is 6.25. The van der Waals surface area contributed by atoms with Crippen LogP contribution in [0.5, 0.6) is 0 Å². The van der Waals surface area contributed by atoms with Gasteiger partial charge in [-0.05, 0) is 24.3 Å². The van der Waals surface area contributed by atoms with Crippen molar-refractivity contribution in [2.75, 3.05) is 31.6 Å². The second-order valence-corrected chi connectivity index (χ2v) is 10.0. The molecule has 1 aliphatic rings. The smallest absolute Gasteiger partial charge is 0.147 e. The molecule has 0 bridgehead atoms. The molecule has 0 aromatic carbocycles. The summed E-state index contributed by atoms with van der Waals surface area (Å²) in [6.45, 7) is 14.2. The van der Waals surface area contributed by atoms with E-state index in [0.29, 0.717) is 23.8 Å². The lowest BCUT2D eigenvalue weighted by Gasteiger charge is -2.47. The summed E-state index contributed by atoms with van der Waals surface area (Å²) in [7, 11) is -2.85. The number of hydrogen-bond acceptors (Lipinski definition) is 4. The summed E-state index contributed by atoms with van der Waals surface area (Å²) in [5, 5.41) is 3.70. The predicted molar refractivity (Wildman–Crippen MR) is 90.4 cm³/mol. The van der Waals surface area contributed by atoms with E-state index in [1.54, 1.807) is 0 Å². The summed E-state index contributed by atoms with van der Waals surface area (Å²) in [5.74, 6) is 0.949. The topological polar surface area (TPSA) is 49.4 Å². The summed E-state index contributed by atoms with van der Waals surface area (Å²) in [4.78, 5) is 2.51. The van der Waals surface area contributed by atoms with E-state index in [9.17, 15) is 8.42 Å². The van der Waals surface area contributed by atoms with Crippen molar-refractivity contribution >= 4 is 9.84 Å². The fourth-order valence-electron chi connectivity index (χ4n) is 3.13. The van der Waals surface area contributed by atoms with Crippen molar-refractivity contribution in [3.05, 3.63) is 0 Å². The SMILES string of the molecule is CCC(C)C1CN(CCCS(C)(=O)=O)C(C(C)(C)C)CN1. The first-order chi connectivity index (χ1) is 9.54. The van der Waals surface area contributed by atoms with Crippen molar-refractivity contribution in [2.24, 2.45) is 11.3 Å². The van der Waals surface area contributed by atoms with Crippen LogP contribution in [-0.4, -0.2) is 57.0 Å². The average Bonchev–Trinajstić information content (AvgIpc) is 2.34. The molecule has 1 heterocycles. The van der Waals surface area contributed by atoms with Crippen molar-refractivity contribution in [1.29, 1.82) is 0 Å². The Kier molecular flexibility index (Phi) is 6.69. The highest BCUT2D eigenvalue weighted by Gasteiger charge is 2.36. The molecule has 3 unspecified atom stereocenters. The van der Waals surface area contributed by atoms with Crippen LogP contribution in [0.15, 0.2) is 0 Å². The van der Waals surface area contributed by atoms with Gasteiger partial charge < -0.3 is 5.32 Å². The summed E-state index contributed by atoms with van der Waals surface area (Å²) in [6, 6.07) is 0.990. The summed E-state index contributed by atoms with van der Waals surface area (Å²) < 4.78 is 22.7. The lowest BCUT2D eigenvalue weighted by atomic mass is 9.82. The number of nitrogens with zero attached hydrogens (tertiary/aromatic N) is 1. The number of nitrogens with one attached hydrogen (secondary N) is 1. The second-order valence-electron chi connectivity index (χ2n) is 7.76. The van der Waals surface area contributed by atoms with Crippen LogP contribution in [0.1, 0.15) is 47.5 Å². The average molecular weight is 319 g/mol. The molecule has 1 saturated heterocycles. The van der Waals surface area contributed by atoms with Gasteiger partial charge in [-0.15, -0.1) is 0 Å². The number of piperazine rings is 1. The Balaban J connectivity index is 2.69. The van der Waals surface area contributed by atoms with Gasteiger partial charge >= 0.3 is 0 Å². The zero-order valence-corrected chi connectivity index (χ0v) is 15.5. The van der Waals surface area contributed by atoms with Gasteiger partial charge in [-0.1, -0.05) is 41.0 Å². The van der Waals surface area contributed by atoms with Crippen molar-refractivity contribution in [3.63, 3.8) is 0 Å². The molecule has 126 valence electrons. The maximum absolute atomic E-state index is 11.3. The van der Waals surface area contributed by atoms with Crippen LogP contribution in [0.3, 0.4) is 0 Å². The lowest BCUT2D eigenvalue weighted by Crippen LogP contribution is -2.62. The van der Waals surface area contributed by atoms with Crippen molar-refractivity contribution < 1.29 is 8.42 Å². The molecule has 3 atom stereocenters. The summed E-state index contributed by atoms with van der Waals surface area (Å²) in [6.07, 6.45) is 3.24. The first kappa shape index (κ1) is 18.9. The van der Waals surface area contributed by atoms with Crippen LogP contribution >= 0.6 is 0 Å². The third-order valence-electron chi connectivity index (χ3n) is 4.74. The molecule has 1 aliphatic heterocycles. The second kappa shape index (κ2) is 7.42. The largest absolute Gasteiger partial charge is 0.311 e. The minimum absolute atomic E-state index is 0.207. The first-order valence-electron chi connectivity index (χ1n) is 8.19. The molecular formula is C16H34N2O2S. The van der Waals surface area contributed by atoms with E-state index in [4.69, 9.17) is 0 Å². The fraction of sp³-hybridized carbons (Fsp3) is 1.00. The van der Waals surface area contributed by atoms with Gasteiger partial charge in [0.2, 0.25) is 0 Å².